The molecule has 0 aliphatic rings. The van der Waals surface area contributed by atoms with Crippen molar-refractivity contribution < 1.29 is 17.9 Å². The number of fused-ring (bicyclic) bond motifs is 1. The smallest absolute Gasteiger partial charge is 0.261 e. The Labute approximate surface area is 180 Å². The highest BCUT2D eigenvalue weighted by molar-refractivity contribution is 7.92. The average Bonchev–Trinajstić information content (AvgIpc) is 3.09. The lowest BCUT2D eigenvalue weighted by molar-refractivity contribution is -0.115. The summed E-state index contributed by atoms with van der Waals surface area (Å²) in [6.45, 7) is 5.99. The number of hydrogen-bond acceptors (Lipinski definition) is 6. The monoisotopic (exact) mass is 447 g/mol. The molecule has 7 nitrogen and oxygen atoms in total. The normalized spacial score (nSPS) is 11.6. The number of sulfonamides is 1. The van der Waals surface area contributed by atoms with Crippen molar-refractivity contribution in [2.75, 3.05) is 17.1 Å². The van der Waals surface area contributed by atoms with Crippen molar-refractivity contribution in [2.45, 2.75) is 38.5 Å². The molecule has 0 fully saturated rings. The number of benzene rings is 2. The van der Waals surface area contributed by atoms with Crippen LogP contribution < -0.4 is 14.8 Å². The first-order valence-corrected chi connectivity index (χ1v) is 11.9. The maximum atomic E-state index is 12.8. The van der Waals surface area contributed by atoms with Crippen LogP contribution in [-0.2, 0) is 21.2 Å². The van der Waals surface area contributed by atoms with E-state index in [1.165, 1.54) is 18.4 Å². The number of carbonyl (C=O) groups is 1. The first kappa shape index (κ1) is 22.0. The molecular formula is C21H25N3O4S2. The van der Waals surface area contributed by atoms with Gasteiger partial charge in [0.2, 0.25) is 5.91 Å². The zero-order valence-corrected chi connectivity index (χ0v) is 19.0. The molecular weight excluding hydrogens is 422 g/mol. The van der Waals surface area contributed by atoms with Gasteiger partial charge in [-0.3, -0.25) is 9.52 Å². The summed E-state index contributed by atoms with van der Waals surface area (Å²) in [5.41, 5.74) is 2.02. The van der Waals surface area contributed by atoms with Crippen molar-refractivity contribution >= 4 is 48.3 Å². The van der Waals surface area contributed by atoms with Crippen LogP contribution in [0.5, 0.6) is 5.75 Å². The second-order valence-corrected chi connectivity index (χ2v) is 10.0. The first-order chi connectivity index (χ1) is 14.2. The van der Waals surface area contributed by atoms with Crippen LogP contribution in [0.1, 0.15) is 32.8 Å². The van der Waals surface area contributed by atoms with E-state index in [1.807, 2.05) is 12.1 Å². The Morgan fingerprint density at radius 3 is 2.50 bits per heavy atom. The lowest BCUT2D eigenvalue weighted by Gasteiger charge is -2.11. The second kappa shape index (κ2) is 9.01. The number of thiazole rings is 1. The van der Waals surface area contributed by atoms with Gasteiger partial charge in [0.05, 0.1) is 22.4 Å². The summed E-state index contributed by atoms with van der Waals surface area (Å²) in [6.07, 6.45) is 1.23. The zero-order valence-electron chi connectivity index (χ0n) is 17.4. The number of ether oxygens (including phenoxy) is 1. The molecule has 0 spiro atoms. The fraction of sp³-hybridized carbons (Fsp3) is 0.333. The van der Waals surface area contributed by atoms with Crippen molar-refractivity contribution in [1.29, 1.82) is 0 Å². The number of nitrogens with one attached hydrogen (secondary N) is 2. The van der Waals surface area contributed by atoms with Gasteiger partial charge in [-0.25, -0.2) is 13.4 Å². The van der Waals surface area contributed by atoms with Crippen LogP contribution in [0.4, 0.5) is 10.8 Å². The number of carbonyl (C=O) groups excluding carboxylic acids is 1. The largest absolute Gasteiger partial charge is 0.494 e. The standard InChI is InChI=1S/C21H25N3O4S2/c1-5-19(25)22-21-23-20-17(28-4)11-15(12-18(20)29-21)24-30(26,27)16-8-6-14(7-9-16)10-13(2)3/h6-9,11-13,24H,5,10H2,1-4H3,(H,22,23,25). The number of anilines is 2. The Hall–Kier alpha value is -2.65. The first-order valence-electron chi connectivity index (χ1n) is 9.62. The second-order valence-electron chi connectivity index (χ2n) is 7.29. The summed E-state index contributed by atoms with van der Waals surface area (Å²) in [5.74, 6) is 0.775. The molecule has 0 atom stereocenters. The van der Waals surface area contributed by atoms with Gasteiger partial charge >= 0.3 is 0 Å². The Kier molecular flexibility index (Phi) is 6.62. The molecule has 3 rings (SSSR count). The van der Waals surface area contributed by atoms with Gasteiger partial charge in [-0.15, -0.1) is 0 Å². The quantitative estimate of drug-likeness (QED) is 0.524. The Morgan fingerprint density at radius 2 is 1.90 bits per heavy atom. The fourth-order valence-corrected chi connectivity index (χ4v) is 4.94. The number of methoxy groups -OCH3 is 1. The Bertz CT molecular complexity index is 1150. The predicted molar refractivity (Wildman–Crippen MR) is 121 cm³/mol. The van der Waals surface area contributed by atoms with Crippen LogP contribution >= 0.6 is 11.3 Å². The summed E-state index contributed by atoms with van der Waals surface area (Å²) in [6, 6.07) is 10.2. The van der Waals surface area contributed by atoms with Crippen LogP contribution in [0.15, 0.2) is 41.3 Å². The minimum Gasteiger partial charge on any atom is -0.494 e. The number of hydrogen-bond donors (Lipinski definition) is 2. The highest BCUT2D eigenvalue weighted by Gasteiger charge is 2.18. The molecule has 0 radical (unpaired) electrons. The van der Waals surface area contributed by atoms with Crippen molar-refractivity contribution in [3.8, 4) is 5.75 Å². The third-order valence-electron chi connectivity index (χ3n) is 4.38. The van der Waals surface area contributed by atoms with Gasteiger partial charge in [0.1, 0.15) is 11.3 Å². The maximum absolute atomic E-state index is 12.8. The molecule has 0 unspecified atom stereocenters. The summed E-state index contributed by atoms with van der Waals surface area (Å²) < 4.78 is 34.4. The van der Waals surface area contributed by atoms with Gasteiger partial charge in [0, 0.05) is 12.5 Å². The molecule has 1 heterocycles. The fourth-order valence-electron chi connectivity index (χ4n) is 2.96. The molecule has 1 amide bonds. The Morgan fingerprint density at radius 1 is 1.20 bits per heavy atom. The van der Waals surface area contributed by atoms with Crippen LogP contribution in [0.3, 0.4) is 0 Å². The van der Waals surface area contributed by atoms with Gasteiger partial charge in [-0.1, -0.05) is 44.2 Å². The summed E-state index contributed by atoms with van der Waals surface area (Å²) in [5, 5.41) is 3.16. The van der Waals surface area contributed by atoms with E-state index in [9.17, 15) is 13.2 Å². The number of rotatable bonds is 8. The van der Waals surface area contributed by atoms with Crippen molar-refractivity contribution in [1.82, 2.24) is 4.98 Å². The molecule has 0 aliphatic carbocycles. The summed E-state index contributed by atoms with van der Waals surface area (Å²) in [7, 11) is -2.27. The summed E-state index contributed by atoms with van der Waals surface area (Å²) >= 11 is 1.26. The number of nitrogens with zero attached hydrogens (tertiary/aromatic N) is 1. The van der Waals surface area contributed by atoms with Crippen molar-refractivity contribution in [2.24, 2.45) is 5.92 Å². The lowest BCUT2D eigenvalue weighted by Crippen LogP contribution is -2.13. The van der Waals surface area contributed by atoms with E-state index in [0.29, 0.717) is 39.1 Å². The Balaban J connectivity index is 1.89. The van der Waals surface area contributed by atoms with Gasteiger partial charge in [0.15, 0.2) is 5.13 Å². The lowest BCUT2D eigenvalue weighted by atomic mass is 10.0. The predicted octanol–water partition coefficient (Wildman–Crippen LogP) is 4.65. The third kappa shape index (κ3) is 5.09. The molecule has 160 valence electrons. The maximum Gasteiger partial charge on any atom is 0.261 e. The topological polar surface area (TPSA) is 97.4 Å². The van der Waals surface area contributed by atoms with Crippen LogP contribution in [0, 0.1) is 5.92 Å². The molecule has 9 heteroatoms. The van der Waals surface area contributed by atoms with Crippen molar-refractivity contribution in [3.05, 3.63) is 42.0 Å². The molecule has 30 heavy (non-hydrogen) atoms. The highest BCUT2D eigenvalue weighted by Crippen LogP contribution is 2.36. The third-order valence-corrected chi connectivity index (χ3v) is 6.69. The number of aromatic nitrogens is 1. The van der Waals surface area contributed by atoms with E-state index in [4.69, 9.17) is 4.74 Å². The van der Waals surface area contributed by atoms with Gasteiger partial charge in [0.25, 0.3) is 10.0 Å². The number of amides is 1. The van der Waals surface area contributed by atoms with Crippen LogP contribution in [-0.4, -0.2) is 26.4 Å². The minimum absolute atomic E-state index is 0.144. The molecule has 1 aromatic heterocycles. The van der Waals surface area contributed by atoms with Crippen LogP contribution in [0.2, 0.25) is 0 Å². The van der Waals surface area contributed by atoms with Crippen LogP contribution in [0.25, 0.3) is 10.2 Å². The minimum atomic E-state index is -3.76. The van der Waals surface area contributed by atoms with E-state index in [0.717, 1.165) is 12.0 Å². The average molecular weight is 448 g/mol. The van der Waals surface area contributed by atoms with Gasteiger partial charge in [-0.05, 0) is 36.1 Å². The van der Waals surface area contributed by atoms with E-state index in [1.54, 1.807) is 31.2 Å². The molecule has 0 aliphatic heterocycles. The van der Waals surface area contributed by atoms with Gasteiger partial charge < -0.3 is 10.1 Å². The zero-order chi connectivity index (χ0) is 21.9. The molecule has 0 saturated heterocycles. The SMILES string of the molecule is CCC(=O)Nc1nc2c(OC)cc(NS(=O)(=O)c3ccc(CC(C)C)cc3)cc2s1. The molecule has 3 aromatic rings. The highest BCUT2D eigenvalue weighted by atomic mass is 32.2. The van der Waals surface area contributed by atoms with E-state index in [-0.39, 0.29) is 10.8 Å². The van der Waals surface area contributed by atoms with Crippen molar-refractivity contribution in [3.63, 3.8) is 0 Å². The summed E-state index contributed by atoms with van der Waals surface area (Å²) in [4.78, 5) is 16.2. The molecule has 0 bridgehead atoms. The molecule has 0 saturated carbocycles. The van der Waals surface area contributed by atoms with E-state index >= 15 is 0 Å². The molecule has 2 N–H and O–H groups in total. The van der Waals surface area contributed by atoms with Gasteiger partial charge in [-0.2, -0.15) is 0 Å². The molecule has 2 aromatic carbocycles. The van der Waals surface area contributed by atoms with E-state index < -0.39 is 10.0 Å². The van der Waals surface area contributed by atoms with E-state index in [2.05, 4.69) is 28.9 Å².